The van der Waals surface area contributed by atoms with Gasteiger partial charge < -0.3 is 9.80 Å². The molecule has 2 heterocycles. The van der Waals surface area contributed by atoms with Gasteiger partial charge in [-0.15, -0.1) is 0 Å². The van der Waals surface area contributed by atoms with Crippen molar-refractivity contribution < 1.29 is 9.59 Å². The first-order valence-electron chi connectivity index (χ1n) is 9.83. The summed E-state index contributed by atoms with van der Waals surface area (Å²) in [6.07, 6.45) is 10.5. The molecule has 0 unspecified atom stereocenters. The molecule has 2 aliphatic carbocycles. The van der Waals surface area contributed by atoms with E-state index in [0.29, 0.717) is 23.7 Å². The summed E-state index contributed by atoms with van der Waals surface area (Å²) in [5, 5.41) is 0. The van der Waals surface area contributed by atoms with E-state index >= 15 is 0 Å². The van der Waals surface area contributed by atoms with Gasteiger partial charge in [-0.05, 0) is 69.6 Å². The summed E-state index contributed by atoms with van der Waals surface area (Å²) in [5.74, 6) is 1.59. The Morgan fingerprint density at radius 1 is 0.609 bits per heavy atom. The topological polar surface area (TPSA) is 40.6 Å². The van der Waals surface area contributed by atoms with Gasteiger partial charge in [0, 0.05) is 26.2 Å². The molecule has 0 radical (unpaired) electrons. The lowest BCUT2D eigenvalue weighted by Gasteiger charge is -2.38. The average molecular weight is 318 g/mol. The van der Waals surface area contributed by atoms with Crippen LogP contribution in [-0.4, -0.2) is 47.8 Å². The van der Waals surface area contributed by atoms with Gasteiger partial charge >= 0.3 is 0 Å². The number of hydrogen-bond donors (Lipinski definition) is 0. The number of amides is 2. The van der Waals surface area contributed by atoms with Crippen LogP contribution in [0.15, 0.2) is 0 Å². The number of nitrogens with zero attached hydrogens (tertiary/aromatic N) is 2. The highest BCUT2D eigenvalue weighted by molar-refractivity contribution is 5.89. The van der Waals surface area contributed by atoms with E-state index < -0.39 is 0 Å². The summed E-state index contributed by atoms with van der Waals surface area (Å²) in [7, 11) is 0. The maximum Gasteiger partial charge on any atom is 0.226 e. The minimum atomic E-state index is 0.00118. The van der Waals surface area contributed by atoms with Gasteiger partial charge in [-0.3, -0.25) is 9.59 Å². The van der Waals surface area contributed by atoms with Crippen LogP contribution >= 0.6 is 0 Å². The molecule has 2 aliphatic heterocycles. The van der Waals surface area contributed by atoms with Crippen LogP contribution in [0.5, 0.6) is 0 Å². The molecule has 23 heavy (non-hydrogen) atoms. The highest BCUT2D eigenvalue weighted by Gasteiger charge is 2.55. The molecule has 2 amide bonds. The van der Waals surface area contributed by atoms with Crippen molar-refractivity contribution in [1.29, 1.82) is 0 Å². The van der Waals surface area contributed by atoms with E-state index in [1.807, 2.05) is 0 Å². The van der Waals surface area contributed by atoms with Crippen LogP contribution in [0.2, 0.25) is 0 Å². The molecule has 4 rings (SSSR count). The van der Waals surface area contributed by atoms with E-state index in [1.165, 1.54) is 25.7 Å². The van der Waals surface area contributed by atoms with Crippen LogP contribution in [0.25, 0.3) is 0 Å². The van der Waals surface area contributed by atoms with Crippen molar-refractivity contribution >= 4 is 11.8 Å². The molecular weight excluding hydrogens is 288 g/mol. The lowest BCUT2D eigenvalue weighted by molar-refractivity contribution is -0.149. The van der Waals surface area contributed by atoms with Gasteiger partial charge in [0.15, 0.2) is 0 Å². The average Bonchev–Trinajstić information content (AvgIpc) is 3.23. The summed E-state index contributed by atoms with van der Waals surface area (Å²) < 4.78 is 0. The number of carbonyl (C=O) groups excluding carboxylic acids is 2. The Balaban J connectivity index is 1.51. The maximum absolute atomic E-state index is 13.1. The predicted molar refractivity (Wildman–Crippen MR) is 88.7 cm³/mol. The van der Waals surface area contributed by atoms with Gasteiger partial charge in [0.05, 0.1) is 11.8 Å². The molecule has 4 fully saturated rings. The van der Waals surface area contributed by atoms with E-state index in [2.05, 4.69) is 9.80 Å². The fourth-order valence-corrected chi connectivity index (χ4v) is 5.65. The van der Waals surface area contributed by atoms with E-state index in [9.17, 15) is 9.59 Å². The van der Waals surface area contributed by atoms with Gasteiger partial charge in [0.1, 0.15) is 0 Å². The van der Waals surface area contributed by atoms with E-state index in [1.54, 1.807) is 0 Å². The van der Waals surface area contributed by atoms with Crippen molar-refractivity contribution in [2.24, 2.45) is 23.7 Å². The first-order chi connectivity index (χ1) is 11.3. The van der Waals surface area contributed by atoms with Gasteiger partial charge in [0.25, 0.3) is 0 Å². The zero-order valence-electron chi connectivity index (χ0n) is 14.2. The second-order valence-electron chi connectivity index (χ2n) is 8.16. The molecule has 0 spiro atoms. The lowest BCUT2D eigenvalue weighted by Crippen LogP contribution is -2.49. The Kier molecular flexibility index (Phi) is 4.33. The number of likely N-dealkylation sites (tertiary alicyclic amines) is 2. The number of rotatable bonds is 2. The van der Waals surface area contributed by atoms with Gasteiger partial charge in [-0.1, -0.05) is 0 Å². The van der Waals surface area contributed by atoms with Crippen molar-refractivity contribution in [1.82, 2.24) is 9.80 Å². The number of carbonyl (C=O) groups is 2. The minimum absolute atomic E-state index is 0.00118. The molecule has 2 saturated carbocycles. The Labute approximate surface area is 139 Å². The molecule has 4 nitrogen and oxygen atoms in total. The minimum Gasteiger partial charge on any atom is -0.342 e. The second kappa shape index (κ2) is 6.45. The van der Waals surface area contributed by atoms with Crippen LogP contribution in [0.3, 0.4) is 0 Å². The Hall–Kier alpha value is -1.06. The summed E-state index contributed by atoms with van der Waals surface area (Å²) in [5.41, 5.74) is 0. The molecular formula is C19H30N2O2. The largest absolute Gasteiger partial charge is 0.342 e. The van der Waals surface area contributed by atoms with Crippen molar-refractivity contribution in [3.05, 3.63) is 0 Å². The van der Waals surface area contributed by atoms with Gasteiger partial charge in [0.2, 0.25) is 11.8 Å². The molecule has 4 aliphatic rings. The molecule has 0 aromatic carbocycles. The fraction of sp³-hybridized carbons (Fsp3) is 0.895. The van der Waals surface area contributed by atoms with E-state index in [4.69, 9.17) is 0 Å². The van der Waals surface area contributed by atoms with Crippen molar-refractivity contribution in [3.8, 4) is 0 Å². The van der Waals surface area contributed by atoms with Crippen LogP contribution in [0, 0.1) is 23.7 Å². The van der Waals surface area contributed by atoms with Crippen LogP contribution in [0.1, 0.15) is 57.8 Å². The Morgan fingerprint density at radius 2 is 1.00 bits per heavy atom. The molecule has 2 bridgehead atoms. The number of fused-ring (bicyclic) bond motifs is 2. The zero-order chi connectivity index (χ0) is 15.8. The molecule has 128 valence electrons. The smallest absolute Gasteiger partial charge is 0.226 e. The predicted octanol–water partition coefficient (Wildman–Crippen LogP) is 2.67. The SMILES string of the molecule is O=C([C@@H]1[C@H]2CC[C@@H](C2)[C@@H]1C(=O)N1CCCCC1)N1CCCCC1. The van der Waals surface area contributed by atoms with E-state index in [0.717, 1.165) is 58.3 Å². The third-order valence-corrected chi connectivity index (χ3v) is 6.82. The van der Waals surface area contributed by atoms with Crippen molar-refractivity contribution in [2.45, 2.75) is 57.8 Å². The quantitative estimate of drug-likeness (QED) is 0.785. The monoisotopic (exact) mass is 318 g/mol. The highest BCUT2D eigenvalue weighted by atomic mass is 16.2. The van der Waals surface area contributed by atoms with Crippen molar-refractivity contribution in [2.75, 3.05) is 26.2 Å². The summed E-state index contributed by atoms with van der Waals surface area (Å²) in [6, 6.07) is 0. The lowest BCUT2D eigenvalue weighted by atomic mass is 9.77. The highest BCUT2D eigenvalue weighted by Crippen LogP contribution is 2.53. The first-order valence-corrected chi connectivity index (χ1v) is 9.83. The molecule has 2 saturated heterocycles. The van der Waals surface area contributed by atoms with Gasteiger partial charge in [-0.25, -0.2) is 0 Å². The molecule has 0 aromatic heterocycles. The maximum atomic E-state index is 13.1. The summed E-state index contributed by atoms with van der Waals surface area (Å²) in [4.78, 5) is 30.4. The van der Waals surface area contributed by atoms with Crippen molar-refractivity contribution in [3.63, 3.8) is 0 Å². The molecule has 4 atom stereocenters. The normalized spacial score (nSPS) is 37.2. The first kappa shape index (κ1) is 15.5. The Morgan fingerprint density at radius 3 is 1.39 bits per heavy atom. The van der Waals surface area contributed by atoms with Crippen LogP contribution in [-0.2, 0) is 9.59 Å². The fourth-order valence-electron chi connectivity index (χ4n) is 5.65. The summed E-state index contributed by atoms with van der Waals surface area (Å²) in [6.45, 7) is 3.66. The summed E-state index contributed by atoms with van der Waals surface area (Å²) >= 11 is 0. The standard InChI is InChI=1S/C19H30N2O2/c22-18(20-9-3-1-4-10-20)16-14-7-8-15(13-14)17(16)19(23)21-11-5-2-6-12-21/h14-17H,1-13H2/t14-,15-,16-,17+/m0/s1. The van der Waals surface area contributed by atoms with E-state index in [-0.39, 0.29) is 11.8 Å². The van der Waals surface area contributed by atoms with Gasteiger partial charge in [-0.2, -0.15) is 0 Å². The van der Waals surface area contributed by atoms with Crippen LogP contribution in [0.4, 0.5) is 0 Å². The molecule has 0 aromatic rings. The third-order valence-electron chi connectivity index (χ3n) is 6.82. The number of piperidine rings is 2. The Bertz CT molecular complexity index is 424. The molecule has 4 heteroatoms. The second-order valence-corrected chi connectivity index (χ2v) is 8.16. The third kappa shape index (κ3) is 2.78. The molecule has 0 N–H and O–H groups in total. The zero-order valence-corrected chi connectivity index (χ0v) is 14.2. The van der Waals surface area contributed by atoms with Crippen LogP contribution < -0.4 is 0 Å². The number of hydrogen-bond acceptors (Lipinski definition) is 2.